The minimum atomic E-state index is -3.55. The van der Waals surface area contributed by atoms with Crippen LogP contribution < -0.4 is 5.32 Å². The number of rotatable bonds is 4. The summed E-state index contributed by atoms with van der Waals surface area (Å²) in [6.45, 7) is 2.51. The van der Waals surface area contributed by atoms with Crippen LogP contribution in [0.1, 0.15) is 18.4 Å². The van der Waals surface area contributed by atoms with Crippen LogP contribution >= 0.6 is 34.5 Å². The number of piperidine rings is 1. The van der Waals surface area contributed by atoms with Gasteiger partial charge in [-0.25, -0.2) is 13.4 Å². The highest BCUT2D eigenvalue weighted by Crippen LogP contribution is 2.35. The third-order valence-electron chi connectivity index (χ3n) is 5.17. The molecule has 0 saturated carbocycles. The second-order valence-corrected chi connectivity index (χ2v) is 11.0. The van der Waals surface area contributed by atoms with E-state index in [1.807, 2.05) is 13.0 Å². The number of fused-ring (bicyclic) bond motifs is 1. The van der Waals surface area contributed by atoms with Crippen LogP contribution in [0.3, 0.4) is 0 Å². The molecule has 6 nitrogen and oxygen atoms in total. The van der Waals surface area contributed by atoms with Crippen molar-refractivity contribution in [2.24, 2.45) is 5.92 Å². The van der Waals surface area contributed by atoms with E-state index in [1.54, 1.807) is 30.3 Å². The summed E-state index contributed by atoms with van der Waals surface area (Å²) in [5.74, 6) is -0.441. The van der Waals surface area contributed by atoms with Gasteiger partial charge < -0.3 is 5.32 Å². The van der Waals surface area contributed by atoms with Crippen LogP contribution in [0.5, 0.6) is 0 Å². The first-order valence-corrected chi connectivity index (χ1v) is 12.4. The van der Waals surface area contributed by atoms with Crippen molar-refractivity contribution < 1.29 is 13.2 Å². The number of anilines is 1. The molecule has 1 amide bonds. The predicted octanol–water partition coefficient (Wildman–Crippen LogP) is 4.95. The molecular weight excluding hydrogens is 465 g/mol. The molecule has 1 aliphatic rings. The van der Waals surface area contributed by atoms with Gasteiger partial charge in [-0.15, -0.1) is 0 Å². The fourth-order valence-electron chi connectivity index (χ4n) is 3.42. The quantitative estimate of drug-likeness (QED) is 0.568. The number of hydrogen-bond donors (Lipinski definition) is 1. The summed E-state index contributed by atoms with van der Waals surface area (Å²) in [4.78, 5) is 17.3. The van der Waals surface area contributed by atoms with Gasteiger partial charge in [0.25, 0.3) is 0 Å². The lowest BCUT2D eigenvalue weighted by Gasteiger charge is -2.30. The monoisotopic (exact) mass is 483 g/mol. The second-order valence-electron chi connectivity index (χ2n) is 7.21. The number of nitrogens with one attached hydrogen (secondary N) is 1. The SMILES string of the molecule is Cc1ccc(S(=O)(=O)N2CCC(C(=O)Nc3nc4c(Cl)c(Cl)ccc4s3)CC2)cc1. The van der Waals surface area contributed by atoms with Crippen molar-refractivity contribution in [2.45, 2.75) is 24.7 Å². The number of thiazole rings is 1. The van der Waals surface area contributed by atoms with E-state index < -0.39 is 10.0 Å². The number of sulfonamides is 1. The maximum Gasteiger partial charge on any atom is 0.243 e. The molecule has 1 aliphatic heterocycles. The largest absolute Gasteiger partial charge is 0.302 e. The molecule has 10 heteroatoms. The highest BCUT2D eigenvalue weighted by atomic mass is 35.5. The average molecular weight is 484 g/mol. The lowest BCUT2D eigenvalue weighted by atomic mass is 9.97. The van der Waals surface area contributed by atoms with Crippen LogP contribution in [0.4, 0.5) is 5.13 Å². The van der Waals surface area contributed by atoms with Crippen LogP contribution in [0.2, 0.25) is 10.0 Å². The van der Waals surface area contributed by atoms with E-state index >= 15 is 0 Å². The zero-order valence-corrected chi connectivity index (χ0v) is 19.2. The van der Waals surface area contributed by atoms with Gasteiger partial charge in [0.1, 0.15) is 5.52 Å². The Labute approximate surface area is 188 Å². The van der Waals surface area contributed by atoms with Crippen molar-refractivity contribution in [1.82, 2.24) is 9.29 Å². The molecule has 0 spiro atoms. The lowest BCUT2D eigenvalue weighted by molar-refractivity contribution is -0.120. The van der Waals surface area contributed by atoms with E-state index in [9.17, 15) is 13.2 Å². The maximum atomic E-state index is 12.8. The van der Waals surface area contributed by atoms with Crippen LogP contribution in [-0.2, 0) is 14.8 Å². The first-order valence-electron chi connectivity index (χ1n) is 9.38. The molecule has 2 heterocycles. The number of amides is 1. The maximum absolute atomic E-state index is 12.8. The molecule has 1 fully saturated rings. The van der Waals surface area contributed by atoms with E-state index in [0.717, 1.165) is 10.3 Å². The van der Waals surface area contributed by atoms with E-state index in [-0.39, 0.29) is 16.7 Å². The minimum Gasteiger partial charge on any atom is -0.302 e. The van der Waals surface area contributed by atoms with Crippen LogP contribution in [0.15, 0.2) is 41.3 Å². The highest BCUT2D eigenvalue weighted by molar-refractivity contribution is 7.89. The smallest absolute Gasteiger partial charge is 0.243 e. The Balaban J connectivity index is 1.41. The molecule has 0 unspecified atom stereocenters. The number of aromatic nitrogens is 1. The molecule has 1 aromatic heterocycles. The number of hydrogen-bond acceptors (Lipinski definition) is 5. The Morgan fingerprint density at radius 3 is 2.47 bits per heavy atom. The molecule has 158 valence electrons. The van der Waals surface area contributed by atoms with Gasteiger partial charge in [0.15, 0.2) is 5.13 Å². The molecule has 4 rings (SSSR count). The Morgan fingerprint density at radius 2 is 1.80 bits per heavy atom. The number of carbonyl (C=O) groups excluding carboxylic acids is 1. The molecule has 0 bridgehead atoms. The van der Waals surface area contributed by atoms with Crippen molar-refractivity contribution in [3.05, 3.63) is 52.0 Å². The van der Waals surface area contributed by atoms with Crippen molar-refractivity contribution in [1.29, 1.82) is 0 Å². The van der Waals surface area contributed by atoms with Gasteiger partial charge in [0, 0.05) is 19.0 Å². The number of aryl methyl sites for hydroxylation is 1. The average Bonchev–Trinajstić information content (AvgIpc) is 3.14. The van der Waals surface area contributed by atoms with Gasteiger partial charge in [-0.05, 0) is 44.0 Å². The van der Waals surface area contributed by atoms with Gasteiger partial charge in [-0.2, -0.15) is 4.31 Å². The first kappa shape index (κ1) is 21.5. The fourth-order valence-corrected chi connectivity index (χ4v) is 6.18. The first-order chi connectivity index (χ1) is 14.3. The summed E-state index contributed by atoms with van der Waals surface area (Å²) < 4.78 is 27.9. The van der Waals surface area contributed by atoms with E-state index in [0.29, 0.717) is 46.6 Å². The van der Waals surface area contributed by atoms with Crippen molar-refractivity contribution in [3.8, 4) is 0 Å². The third-order valence-corrected chi connectivity index (χ3v) is 8.81. The van der Waals surface area contributed by atoms with E-state index in [4.69, 9.17) is 23.2 Å². The third kappa shape index (κ3) is 4.20. The van der Waals surface area contributed by atoms with Gasteiger partial charge >= 0.3 is 0 Å². The Kier molecular flexibility index (Phi) is 6.05. The molecule has 3 aromatic rings. The molecule has 1 N–H and O–H groups in total. The number of nitrogens with zero attached hydrogens (tertiary/aromatic N) is 2. The standard InChI is InChI=1S/C20H19Cl2N3O3S2/c1-12-2-4-14(5-3-12)30(27,28)25-10-8-13(9-11-25)19(26)24-20-23-18-16(29-20)7-6-15(21)17(18)22/h2-7,13H,8-11H2,1H3,(H,23,24,26). The predicted molar refractivity (Wildman–Crippen MR) is 121 cm³/mol. The second kappa shape index (κ2) is 8.43. The van der Waals surface area contributed by atoms with Crippen molar-refractivity contribution >= 4 is 65.8 Å². The number of benzene rings is 2. The minimum absolute atomic E-state index is 0.163. The molecule has 2 aromatic carbocycles. The Hall–Kier alpha value is -1.71. The van der Waals surface area contributed by atoms with E-state index in [2.05, 4.69) is 10.3 Å². The summed E-state index contributed by atoms with van der Waals surface area (Å²) in [5, 5.41) is 4.06. The molecule has 0 aliphatic carbocycles. The van der Waals surface area contributed by atoms with Gasteiger partial charge in [0.2, 0.25) is 15.9 Å². The molecular formula is C20H19Cl2N3O3S2. The van der Waals surface area contributed by atoms with E-state index in [1.165, 1.54) is 15.6 Å². The van der Waals surface area contributed by atoms with Gasteiger partial charge in [-0.3, -0.25) is 4.79 Å². The lowest BCUT2D eigenvalue weighted by Crippen LogP contribution is -2.41. The molecule has 0 radical (unpaired) electrons. The number of carbonyl (C=O) groups is 1. The molecule has 30 heavy (non-hydrogen) atoms. The summed E-state index contributed by atoms with van der Waals surface area (Å²) in [6.07, 6.45) is 0.906. The topological polar surface area (TPSA) is 79.4 Å². The van der Waals surface area contributed by atoms with Crippen molar-refractivity contribution in [2.75, 3.05) is 18.4 Å². The van der Waals surface area contributed by atoms with Crippen LogP contribution in [-0.4, -0.2) is 36.7 Å². The molecule has 0 atom stereocenters. The van der Waals surface area contributed by atoms with Crippen LogP contribution in [0, 0.1) is 12.8 Å². The number of halogens is 2. The van der Waals surface area contributed by atoms with Gasteiger partial charge in [0.05, 0.1) is 19.6 Å². The zero-order valence-electron chi connectivity index (χ0n) is 16.1. The highest BCUT2D eigenvalue weighted by Gasteiger charge is 2.32. The summed E-state index contributed by atoms with van der Waals surface area (Å²) in [5.41, 5.74) is 1.56. The van der Waals surface area contributed by atoms with Crippen LogP contribution in [0.25, 0.3) is 10.2 Å². The fraction of sp³-hybridized carbons (Fsp3) is 0.300. The summed E-state index contributed by atoms with van der Waals surface area (Å²) in [7, 11) is -3.55. The summed E-state index contributed by atoms with van der Waals surface area (Å²) in [6, 6.07) is 10.3. The normalized spacial score (nSPS) is 16.1. The van der Waals surface area contributed by atoms with Gasteiger partial charge in [-0.1, -0.05) is 52.2 Å². The Bertz CT molecular complexity index is 1200. The van der Waals surface area contributed by atoms with Crippen molar-refractivity contribution in [3.63, 3.8) is 0 Å². The Morgan fingerprint density at radius 1 is 1.13 bits per heavy atom. The zero-order chi connectivity index (χ0) is 21.5. The molecule has 1 saturated heterocycles. The summed E-state index contributed by atoms with van der Waals surface area (Å²) >= 11 is 13.5.